The van der Waals surface area contributed by atoms with Crippen LogP contribution in [-0.2, 0) is 13.1 Å². The molecule has 10 heteroatoms. The molecule has 2 aliphatic heterocycles. The molecule has 0 radical (unpaired) electrons. The molecule has 2 amide bonds. The Morgan fingerprint density at radius 1 is 0.971 bits per heavy atom. The average Bonchev–Trinajstić information content (AvgIpc) is 3.47. The molecule has 3 N–H and O–H groups in total. The molecule has 1 saturated heterocycles. The van der Waals surface area contributed by atoms with Crippen molar-refractivity contribution in [2.45, 2.75) is 63.7 Å². The van der Waals surface area contributed by atoms with E-state index in [1.54, 1.807) is 6.07 Å². The Bertz CT molecular complexity index is 1240. The van der Waals surface area contributed by atoms with Gasteiger partial charge in [0.05, 0.1) is 12.2 Å². The summed E-state index contributed by atoms with van der Waals surface area (Å²) in [5.41, 5.74) is 2.40. The van der Waals surface area contributed by atoms with Gasteiger partial charge in [-0.1, -0.05) is 24.4 Å². The van der Waals surface area contributed by atoms with Crippen molar-refractivity contribution in [2.24, 2.45) is 0 Å². The van der Waals surface area contributed by atoms with Gasteiger partial charge in [0.1, 0.15) is 5.69 Å². The third-order valence-corrected chi connectivity index (χ3v) is 8.66. The molecule has 0 bridgehead atoms. The van der Waals surface area contributed by atoms with Crippen LogP contribution in [-0.4, -0.2) is 57.0 Å². The van der Waals surface area contributed by atoms with Gasteiger partial charge >= 0.3 is 0 Å². The number of hydrogen-bond donors (Lipinski definition) is 3. The summed E-state index contributed by atoms with van der Waals surface area (Å²) in [7, 11) is 0. The molecule has 6 rings (SSSR count). The predicted octanol–water partition coefficient (Wildman–Crippen LogP) is 4.08. The molecule has 35 heavy (non-hydrogen) atoms. The van der Waals surface area contributed by atoms with Crippen LogP contribution in [0.3, 0.4) is 0 Å². The number of carbonyl (C=O) groups is 2. The highest BCUT2D eigenvalue weighted by Crippen LogP contribution is 2.30. The first kappa shape index (κ1) is 23.0. The number of aromatic nitrogens is 2. The number of benzene rings is 1. The number of hydrogen-bond acceptors (Lipinski definition) is 6. The molecule has 1 aliphatic carbocycles. The second kappa shape index (κ2) is 9.54. The second-order valence-electron chi connectivity index (χ2n) is 9.73. The number of rotatable bonds is 4. The van der Waals surface area contributed by atoms with Crippen molar-refractivity contribution in [3.63, 3.8) is 0 Å². The summed E-state index contributed by atoms with van der Waals surface area (Å²) < 4.78 is 0. The molecule has 3 aliphatic rings. The largest absolute Gasteiger partial charge is 0.351 e. The smallest absolute Gasteiger partial charge is 0.280 e. The van der Waals surface area contributed by atoms with Crippen molar-refractivity contribution in [2.75, 3.05) is 13.1 Å². The quantitative estimate of drug-likeness (QED) is 0.490. The Morgan fingerprint density at radius 3 is 2.46 bits per heavy atom. The molecule has 1 aromatic carbocycles. The number of H-pyrrole nitrogens is 1. The summed E-state index contributed by atoms with van der Waals surface area (Å²) in [5, 5.41) is 13.1. The fraction of sp³-hybridized carbons (Fsp3) is 0.480. The number of nitrogens with one attached hydrogen (secondary N) is 3. The van der Waals surface area contributed by atoms with Gasteiger partial charge in [0, 0.05) is 52.5 Å². The van der Waals surface area contributed by atoms with E-state index in [0.29, 0.717) is 15.7 Å². The maximum atomic E-state index is 13.2. The molecule has 2 fully saturated rings. The van der Waals surface area contributed by atoms with E-state index in [1.807, 2.05) is 18.2 Å². The van der Waals surface area contributed by atoms with Crippen molar-refractivity contribution in [1.29, 1.82) is 0 Å². The molecule has 2 atom stereocenters. The standard InChI is InChI=1S/C25H29ClN6O2S/c26-16-7-8-17-15(11-16)12-20(27-17)23(33)28-18-5-1-2-6-19(18)29-24(34)25-30-21-13-31-9-3-4-10-32(31)14-22(21)35-25/h7-8,11-12,18-19,27H,1-6,9-10,13-14H2,(H,28,33)(H,29,34)/t18-,19+/m0/s1. The molecule has 3 aromatic rings. The van der Waals surface area contributed by atoms with E-state index in [4.69, 9.17) is 16.6 Å². The predicted molar refractivity (Wildman–Crippen MR) is 136 cm³/mol. The highest BCUT2D eigenvalue weighted by atomic mass is 35.5. The van der Waals surface area contributed by atoms with E-state index >= 15 is 0 Å². The van der Waals surface area contributed by atoms with Gasteiger partial charge < -0.3 is 15.6 Å². The molecular formula is C25H29ClN6O2S. The van der Waals surface area contributed by atoms with E-state index in [-0.39, 0.29) is 23.9 Å². The number of aromatic amines is 1. The number of halogens is 1. The van der Waals surface area contributed by atoms with Crippen molar-refractivity contribution >= 4 is 45.7 Å². The van der Waals surface area contributed by atoms with Crippen molar-refractivity contribution in [1.82, 2.24) is 30.6 Å². The lowest BCUT2D eigenvalue weighted by Gasteiger charge is -2.41. The van der Waals surface area contributed by atoms with Crippen LogP contribution in [0, 0.1) is 0 Å². The van der Waals surface area contributed by atoms with Crippen LogP contribution >= 0.6 is 22.9 Å². The van der Waals surface area contributed by atoms with Crippen molar-refractivity contribution < 1.29 is 9.59 Å². The highest BCUT2D eigenvalue weighted by Gasteiger charge is 2.32. The lowest BCUT2D eigenvalue weighted by atomic mass is 9.90. The summed E-state index contributed by atoms with van der Waals surface area (Å²) in [6, 6.07) is 7.09. The third kappa shape index (κ3) is 4.70. The number of carbonyl (C=O) groups excluding carboxylic acids is 2. The van der Waals surface area contributed by atoms with E-state index in [9.17, 15) is 9.59 Å². The third-order valence-electron chi connectivity index (χ3n) is 7.34. The Balaban J connectivity index is 1.13. The van der Waals surface area contributed by atoms with Gasteiger partial charge in [-0.25, -0.2) is 15.0 Å². The summed E-state index contributed by atoms with van der Waals surface area (Å²) in [6.07, 6.45) is 6.16. The van der Waals surface area contributed by atoms with E-state index in [0.717, 1.165) is 68.5 Å². The van der Waals surface area contributed by atoms with E-state index in [2.05, 4.69) is 25.6 Å². The molecule has 0 unspecified atom stereocenters. The first-order valence-electron chi connectivity index (χ1n) is 12.4. The zero-order chi connectivity index (χ0) is 23.9. The van der Waals surface area contributed by atoms with Gasteiger partial charge in [-0.2, -0.15) is 0 Å². The first-order chi connectivity index (χ1) is 17.0. The summed E-state index contributed by atoms with van der Waals surface area (Å²) in [5.74, 6) is -0.303. The van der Waals surface area contributed by atoms with E-state index in [1.165, 1.54) is 29.1 Å². The average molecular weight is 513 g/mol. The van der Waals surface area contributed by atoms with Gasteiger partial charge in [-0.05, 0) is 49.9 Å². The monoisotopic (exact) mass is 512 g/mol. The molecule has 2 aromatic heterocycles. The maximum Gasteiger partial charge on any atom is 0.280 e. The first-order valence-corrected chi connectivity index (χ1v) is 13.6. The minimum atomic E-state index is -0.168. The molecule has 0 spiro atoms. The Kier molecular flexibility index (Phi) is 6.26. The van der Waals surface area contributed by atoms with Gasteiger partial charge in [0.15, 0.2) is 5.01 Å². The topological polar surface area (TPSA) is 93.4 Å². The molecule has 8 nitrogen and oxygen atoms in total. The maximum absolute atomic E-state index is 13.2. The van der Waals surface area contributed by atoms with Crippen LogP contribution in [0.5, 0.6) is 0 Å². The SMILES string of the molecule is O=C(N[C@H]1CCCC[C@H]1NC(=O)c1nc2c(s1)CN1CCCCN1C2)c1cc2cc(Cl)ccc2[nH]1. The van der Waals surface area contributed by atoms with Gasteiger partial charge in [-0.3, -0.25) is 9.59 Å². The summed E-state index contributed by atoms with van der Waals surface area (Å²) in [6.45, 7) is 3.77. The normalized spacial score (nSPS) is 23.0. The zero-order valence-corrected chi connectivity index (χ0v) is 21.1. The fourth-order valence-electron chi connectivity index (χ4n) is 5.47. The second-order valence-corrected chi connectivity index (χ2v) is 11.3. The summed E-state index contributed by atoms with van der Waals surface area (Å²) in [4.78, 5) is 35.3. The minimum Gasteiger partial charge on any atom is -0.351 e. The van der Waals surface area contributed by atoms with Crippen LogP contribution in [0.2, 0.25) is 5.02 Å². The van der Waals surface area contributed by atoms with Crippen LogP contribution in [0.4, 0.5) is 0 Å². The van der Waals surface area contributed by atoms with Gasteiger partial charge in [0.25, 0.3) is 11.8 Å². The van der Waals surface area contributed by atoms with Crippen LogP contribution in [0.25, 0.3) is 10.9 Å². The molecule has 1 saturated carbocycles. The number of thiazole rings is 1. The Hall–Kier alpha value is -2.46. The lowest BCUT2D eigenvalue weighted by Crippen LogP contribution is -2.53. The fourth-order valence-corrected chi connectivity index (χ4v) is 6.64. The zero-order valence-electron chi connectivity index (χ0n) is 19.5. The van der Waals surface area contributed by atoms with E-state index < -0.39 is 0 Å². The summed E-state index contributed by atoms with van der Waals surface area (Å²) >= 11 is 7.59. The van der Waals surface area contributed by atoms with Gasteiger partial charge in [-0.15, -0.1) is 11.3 Å². The number of amides is 2. The Labute approximate surface area is 213 Å². The van der Waals surface area contributed by atoms with Crippen molar-refractivity contribution in [3.8, 4) is 0 Å². The molecule has 4 heterocycles. The number of fused-ring (bicyclic) bond motifs is 3. The lowest BCUT2D eigenvalue weighted by molar-refractivity contribution is -0.0751. The van der Waals surface area contributed by atoms with Crippen LogP contribution in [0.15, 0.2) is 24.3 Å². The highest BCUT2D eigenvalue weighted by molar-refractivity contribution is 7.13. The molecular weight excluding hydrogens is 484 g/mol. The van der Waals surface area contributed by atoms with Gasteiger partial charge in [0.2, 0.25) is 0 Å². The van der Waals surface area contributed by atoms with Crippen molar-refractivity contribution in [3.05, 3.63) is 50.6 Å². The Morgan fingerprint density at radius 2 is 1.69 bits per heavy atom. The number of hydrazine groups is 1. The molecule has 184 valence electrons. The minimum absolute atomic E-state index is 0.116. The number of nitrogens with zero attached hydrogens (tertiary/aromatic N) is 3. The van der Waals surface area contributed by atoms with Crippen LogP contribution in [0.1, 0.15) is 69.4 Å². The van der Waals surface area contributed by atoms with Crippen LogP contribution < -0.4 is 10.6 Å².